The lowest BCUT2D eigenvalue weighted by Gasteiger charge is -2.06. The third-order valence-corrected chi connectivity index (χ3v) is 1.85. The van der Waals surface area contributed by atoms with Gasteiger partial charge in [0.2, 0.25) is 0 Å². The second-order valence-corrected chi connectivity index (χ2v) is 2.99. The van der Waals surface area contributed by atoms with E-state index >= 15 is 0 Å². The number of hydrogen-bond acceptors (Lipinski definition) is 3. The number of anilines is 1. The SMILES string of the molecule is C=CCN=Cc1ccccc1NC(=O)OC. The molecule has 0 spiro atoms. The number of carbonyl (C=O) groups excluding carboxylic acids is 1. The van der Waals surface area contributed by atoms with E-state index in [9.17, 15) is 4.79 Å². The highest BCUT2D eigenvalue weighted by atomic mass is 16.5. The number of rotatable bonds is 4. The molecule has 1 N–H and O–H groups in total. The quantitative estimate of drug-likeness (QED) is 0.623. The van der Waals surface area contributed by atoms with E-state index in [4.69, 9.17) is 0 Å². The molecule has 1 aromatic carbocycles. The monoisotopic (exact) mass is 218 g/mol. The van der Waals surface area contributed by atoms with Crippen molar-refractivity contribution in [2.75, 3.05) is 19.0 Å². The van der Waals surface area contributed by atoms with Gasteiger partial charge in [-0.05, 0) is 6.07 Å². The lowest BCUT2D eigenvalue weighted by molar-refractivity contribution is 0.187. The zero-order valence-corrected chi connectivity index (χ0v) is 9.14. The van der Waals surface area contributed by atoms with Crippen LogP contribution in [0.15, 0.2) is 41.9 Å². The Balaban J connectivity index is 2.82. The number of methoxy groups -OCH3 is 1. The number of nitrogens with zero attached hydrogens (tertiary/aromatic N) is 1. The number of aliphatic imine (C=N–C) groups is 1. The third-order valence-electron chi connectivity index (χ3n) is 1.85. The first kappa shape index (κ1) is 12.0. The van der Waals surface area contributed by atoms with Gasteiger partial charge in [0, 0.05) is 11.8 Å². The summed E-state index contributed by atoms with van der Waals surface area (Å²) in [5.74, 6) is 0. The summed E-state index contributed by atoms with van der Waals surface area (Å²) in [6, 6.07) is 7.35. The number of amides is 1. The molecule has 0 fully saturated rings. The Morgan fingerprint density at radius 3 is 3.00 bits per heavy atom. The van der Waals surface area contributed by atoms with Crippen LogP contribution in [0.3, 0.4) is 0 Å². The Labute approximate surface area is 94.7 Å². The van der Waals surface area contributed by atoms with Gasteiger partial charge in [0.15, 0.2) is 0 Å². The van der Waals surface area contributed by atoms with Crippen molar-refractivity contribution >= 4 is 18.0 Å². The molecule has 0 atom stereocenters. The summed E-state index contributed by atoms with van der Waals surface area (Å²) < 4.78 is 4.52. The van der Waals surface area contributed by atoms with Crippen molar-refractivity contribution in [1.82, 2.24) is 0 Å². The van der Waals surface area contributed by atoms with Gasteiger partial charge in [0.25, 0.3) is 0 Å². The molecule has 0 aliphatic carbocycles. The normalized spacial score (nSPS) is 10.1. The van der Waals surface area contributed by atoms with E-state index in [-0.39, 0.29) is 0 Å². The van der Waals surface area contributed by atoms with E-state index in [0.29, 0.717) is 12.2 Å². The molecule has 4 heteroatoms. The Kier molecular flexibility index (Phi) is 4.79. The van der Waals surface area contributed by atoms with E-state index in [2.05, 4.69) is 21.6 Å². The van der Waals surface area contributed by atoms with Crippen LogP contribution in [0, 0.1) is 0 Å². The third kappa shape index (κ3) is 3.57. The molecule has 0 aromatic heterocycles. The van der Waals surface area contributed by atoms with E-state index in [1.807, 2.05) is 18.2 Å². The zero-order chi connectivity index (χ0) is 11.8. The van der Waals surface area contributed by atoms with Crippen LogP contribution in [0.25, 0.3) is 0 Å². The van der Waals surface area contributed by atoms with Crippen LogP contribution >= 0.6 is 0 Å². The van der Waals surface area contributed by atoms with Crippen molar-refractivity contribution in [3.05, 3.63) is 42.5 Å². The van der Waals surface area contributed by atoms with E-state index < -0.39 is 6.09 Å². The first-order valence-corrected chi connectivity index (χ1v) is 4.82. The number of carbonyl (C=O) groups is 1. The number of benzene rings is 1. The smallest absolute Gasteiger partial charge is 0.411 e. The van der Waals surface area contributed by atoms with Crippen molar-refractivity contribution in [2.24, 2.45) is 4.99 Å². The molecule has 0 aliphatic rings. The standard InChI is InChI=1S/C12H14N2O2/c1-3-8-13-9-10-6-4-5-7-11(10)14-12(15)16-2/h3-7,9H,1,8H2,2H3,(H,14,15). The fraction of sp³-hybridized carbons (Fsp3) is 0.167. The van der Waals surface area contributed by atoms with E-state index in [0.717, 1.165) is 5.56 Å². The van der Waals surface area contributed by atoms with Crippen molar-refractivity contribution < 1.29 is 9.53 Å². The molecule has 84 valence electrons. The summed E-state index contributed by atoms with van der Waals surface area (Å²) >= 11 is 0. The van der Waals surface area contributed by atoms with Gasteiger partial charge in [-0.1, -0.05) is 24.3 Å². The van der Waals surface area contributed by atoms with Crippen molar-refractivity contribution in [2.45, 2.75) is 0 Å². The largest absolute Gasteiger partial charge is 0.453 e. The van der Waals surface area contributed by atoms with Gasteiger partial charge < -0.3 is 4.74 Å². The second kappa shape index (κ2) is 6.40. The minimum atomic E-state index is -0.496. The summed E-state index contributed by atoms with van der Waals surface area (Å²) in [4.78, 5) is 15.2. The van der Waals surface area contributed by atoms with Gasteiger partial charge in [-0.3, -0.25) is 10.3 Å². The van der Waals surface area contributed by atoms with Crippen LogP contribution in [0.2, 0.25) is 0 Å². The Morgan fingerprint density at radius 2 is 2.31 bits per heavy atom. The predicted octanol–water partition coefficient (Wildman–Crippen LogP) is 2.47. The molecule has 0 unspecified atom stereocenters. The van der Waals surface area contributed by atoms with Gasteiger partial charge in [-0.15, -0.1) is 6.58 Å². The first-order chi connectivity index (χ1) is 7.77. The molecular weight excluding hydrogens is 204 g/mol. The highest BCUT2D eigenvalue weighted by Gasteiger charge is 2.03. The zero-order valence-electron chi connectivity index (χ0n) is 9.14. The van der Waals surface area contributed by atoms with Gasteiger partial charge in [-0.25, -0.2) is 4.79 Å². The fourth-order valence-electron chi connectivity index (χ4n) is 1.11. The minimum Gasteiger partial charge on any atom is -0.453 e. The molecule has 16 heavy (non-hydrogen) atoms. The number of para-hydroxylation sites is 1. The Morgan fingerprint density at radius 1 is 1.56 bits per heavy atom. The highest BCUT2D eigenvalue weighted by Crippen LogP contribution is 2.12. The van der Waals surface area contributed by atoms with Crippen LogP contribution in [0.1, 0.15) is 5.56 Å². The van der Waals surface area contributed by atoms with Gasteiger partial charge in [0.1, 0.15) is 0 Å². The van der Waals surface area contributed by atoms with Crippen LogP contribution in [-0.2, 0) is 4.74 Å². The van der Waals surface area contributed by atoms with Crippen LogP contribution in [0.5, 0.6) is 0 Å². The molecule has 0 saturated heterocycles. The van der Waals surface area contributed by atoms with Crippen molar-refractivity contribution in [1.29, 1.82) is 0 Å². The maximum absolute atomic E-state index is 11.1. The van der Waals surface area contributed by atoms with Gasteiger partial charge >= 0.3 is 6.09 Å². The molecule has 0 radical (unpaired) electrons. The molecule has 0 heterocycles. The molecule has 0 saturated carbocycles. The Bertz CT molecular complexity index is 400. The number of hydrogen-bond donors (Lipinski definition) is 1. The number of ether oxygens (including phenoxy) is 1. The first-order valence-electron chi connectivity index (χ1n) is 4.82. The lowest BCUT2D eigenvalue weighted by Crippen LogP contribution is -2.12. The van der Waals surface area contributed by atoms with Crippen LogP contribution < -0.4 is 5.32 Å². The molecule has 0 bridgehead atoms. The van der Waals surface area contributed by atoms with E-state index in [1.165, 1.54) is 7.11 Å². The molecule has 0 aliphatic heterocycles. The van der Waals surface area contributed by atoms with Crippen molar-refractivity contribution in [3.8, 4) is 0 Å². The predicted molar refractivity (Wildman–Crippen MR) is 65.1 cm³/mol. The highest BCUT2D eigenvalue weighted by molar-refractivity contribution is 5.94. The van der Waals surface area contributed by atoms with Gasteiger partial charge in [0.05, 0.1) is 19.3 Å². The van der Waals surface area contributed by atoms with Crippen molar-refractivity contribution in [3.63, 3.8) is 0 Å². The fourth-order valence-corrected chi connectivity index (χ4v) is 1.11. The van der Waals surface area contributed by atoms with Crippen LogP contribution in [0.4, 0.5) is 10.5 Å². The second-order valence-electron chi connectivity index (χ2n) is 2.99. The average molecular weight is 218 g/mol. The molecule has 1 aromatic rings. The summed E-state index contributed by atoms with van der Waals surface area (Å²) in [5.41, 5.74) is 1.50. The summed E-state index contributed by atoms with van der Waals surface area (Å²) in [5, 5.41) is 2.61. The maximum atomic E-state index is 11.1. The summed E-state index contributed by atoms with van der Waals surface area (Å²) in [6.07, 6.45) is 2.89. The summed E-state index contributed by atoms with van der Waals surface area (Å²) in [6.45, 7) is 4.12. The lowest BCUT2D eigenvalue weighted by atomic mass is 10.2. The van der Waals surface area contributed by atoms with E-state index in [1.54, 1.807) is 18.4 Å². The summed E-state index contributed by atoms with van der Waals surface area (Å²) in [7, 11) is 1.32. The number of nitrogens with one attached hydrogen (secondary N) is 1. The average Bonchev–Trinajstić information content (AvgIpc) is 2.31. The van der Waals surface area contributed by atoms with Crippen LogP contribution in [-0.4, -0.2) is 26.0 Å². The van der Waals surface area contributed by atoms with Gasteiger partial charge in [-0.2, -0.15) is 0 Å². The minimum absolute atomic E-state index is 0.496. The molecule has 1 amide bonds. The maximum Gasteiger partial charge on any atom is 0.411 e. The molecule has 1 rings (SSSR count). The molecule has 4 nitrogen and oxygen atoms in total. The topological polar surface area (TPSA) is 50.7 Å². The molecular formula is C12H14N2O2. The Hall–Kier alpha value is -2.10.